The third-order valence-electron chi connectivity index (χ3n) is 2.89. The summed E-state index contributed by atoms with van der Waals surface area (Å²) in [6, 6.07) is 9.15. The van der Waals surface area contributed by atoms with E-state index >= 15 is 0 Å². The maximum absolute atomic E-state index is 10.6. The Morgan fingerprint density at radius 3 is 2.67 bits per heavy atom. The molecule has 0 unspecified atom stereocenters. The Bertz CT molecular complexity index is 778. The van der Waals surface area contributed by atoms with Crippen molar-refractivity contribution in [3.8, 4) is 5.69 Å². The van der Waals surface area contributed by atoms with Crippen LogP contribution in [0.2, 0.25) is 5.02 Å². The Kier molecular flexibility index (Phi) is 3.41. The maximum Gasteiger partial charge on any atom is 0.381 e. The van der Waals surface area contributed by atoms with Gasteiger partial charge in [-0.25, -0.2) is 4.68 Å². The highest BCUT2D eigenvalue weighted by Crippen LogP contribution is 2.14. The molecule has 0 radical (unpaired) electrons. The van der Waals surface area contributed by atoms with E-state index in [2.05, 4.69) is 10.1 Å². The first kappa shape index (κ1) is 13.3. The average Bonchev–Trinajstić information content (AvgIpc) is 3.10. The predicted molar refractivity (Wildman–Crippen MR) is 76.6 cm³/mol. The van der Waals surface area contributed by atoms with Gasteiger partial charge >= 0.3 is 5.82 Å². The van der Waals surface area contributed by atoms with E-state index < -0.39 is 4.92 Å². The third kappa shape index (κ3) is 2.92. The van der Waals surface area contributed by atoms with Crippen LogP contribution in [0.4, 0.5) is 5.82 Å². The average molecular weight is 304 g/mol. The van der Waals surface area contributed by atoms with Crippen LogP contribution in [0, 0.1) is 10.1 Å². The Hall–Kier alpha value is -2.67. The molecule has 0 saturated carbocycles. The van der Waals surface area contributed by atoms with E-state index in [1.807, 2.05) is 24.4 Å². The highest BCUT2D eigenvalue weighted by atomic mass is 35.5. The number of hydrogen-bond acceptors (Lipinski definition) is 4. The van der Waals surface area contributed by atoms with Gasteiger partial charge in [0.25, 0.3) is 0 Å². The molecule has 0 saturated heterocycles. The minimum absolute atomic E-state index is 0.174. The number of rotatable bonds is 4. The number of aromatic nitrogens is 4. The fraction of sp³-hybridized carbons (Fsp3) is 0.0769. The highest BCUT2D eigenvalue weighted by Gasteiger charge is 2.10. The number of halogens is 1. The molecule has 0 aliphatic carbocycles. The van der Waals surface area contributed by atoms with Crippen molar-refractivity contribution in [2.75, 3.05) is 0 Å². The van der Waals surface area contributed by atoms with Crippen LogP contribution in [0.5, 0.6) is 0 Å². The molecule has 0 aliphatic heterocycles. The zero-order valence-corrected chi connectivity index (χ0v) is 11.5. The van der Waals surface area contributed by atoms with Crippen molar-refractivity contribution in [2.45, 2.75) is 6.54 Å². The zero-order valence-electron chi connectivity index (χ0n) is 10.8. The van der Waals surface area contributed by atoms with Gasteiger partial charge in [-0.15, -0.1) is 0 Å². The normalized spacial score (nSPS) is 10.7. The summed E-state index contributed by atoms with van der Waals surface area (Å²) in [4.78, 5) is 13.8. The fourth-order valence-corrected chi connectivity index (χ4v) is 2.03. The monoisotopic (exact) mass is 303 g/mol. The number of nitro groups is 1. The molecular weight excluding hydrogens is 294 g/mol. The van der Waals surface area contributed by atoms with Gasteiger partial charge in [-0.05, 0) is 40.2 Å². The molecule has 0 bridgehead atoms. The first-order valence-electron chi connectivity index (χ1n) is 6.08. The van der Waals surface area contributed by atoms with E-state index in [0.717, 1.165) is 11.4 Å². The van der Waals surface area contributed by atoms with Crippen molar-refractivity contribution in [1.82, 2.24) is 19.3 Å². The van der Waals surface area contributed by atoms with E-state index in [0.29, 0.717) is 11.6 Å². The number of benzene rings is 1. The van der Waals surface area contributed by atoms with Gasteiger partial charge in [-0.2, -0.15) is 5.10 Å². The molecule has 1 aromatic carbocycles. The minimum Gasteiger partial charge on any atom is -0.358 e. The molecule has 3 rings (SSSR count). The van der Waals surface area contributed by atoms with Crippen LogP contribution < -0.4 is 0 Å². The van der Waals surface area contributed by atoms with Gasteiger partial charge in [0, 0.05) is 11.2 Å². The summed E-state index contributed by atoms with van der Waals surface area (Å²) in [6.07, 6.45) is 4.62. The van der Waals surface area contributed by atoms with E-state index in [1.54, 1.807) is 21.4 Å². The summed E-state index contributed by atoms with van der Waals surface area (Å²) in [5.74, 6) is -0.174. The molecule has 2 heterocycles. The van der Waals surface area contributed by atoms with Gasteiger partial charge in [-0.3, -0.25) is 0 Å². The Morgan fingerprint density at radius 2 is 2.00 bits per heavy atom. The van der Waals surface area contributed by atoms with Crippen molar-refractivity contribution in [1.29, 1.82) is 0 Å². The lowest BCUT2D eigenvalue weighted by molar-refractivity contribution is -0.389. The lowest BCUT2D eigenvalue weighted by Gasteiger charge is -2.01. The minimum atomic E-state index is -0.525. The van der Waals surface area contributed by atoms with Gasteiger partial charge in [0.1, 0.15) is 6.20 Å². The smallest absolute Gasteiger partial charge is 0.358 e. The SMILES string of the molecule is O=[N+]([O-])c1cn(Cc2ccn(-c3ccc(Cl)cc3)n2)cn1. The molecule has 0 N–H and O–H groups in total. The van der Waals surface area contributed by atoms with Gasteiger partial charge in [0.2, 0.25) is 6.33 Å². The van der Waals surface area contributed by atoms with Crippen LogP contribution in [0.1, 0.15) is 5.69 Å². The first-order chi connectivity index (χ1) is 10.1. The summed E-state index contributed by atoms with van der Waals surface area (Å²) in [5.41, 5.74) is 1.67. The Balaban J connectivity index is 1.78. The molecule has 0 aliphatic rings. The Labute approximate surface area is 124 Å². The van der Waals surface area contributed by atoms with Gasteiger partial charge < -0.3 is 14.7 Å². The molecule has 0 fully saturated rings. The van der Waals surface area contributed by atoms with E-state index in [-0.39, 0.29) is 5.82 Å². The summed E-state index contributed by atoms with van der Waals surface area (Å²) in [7, 11) is 0. The lowest BCUT2D eigenvalue weighted by atomic mass is 10.3. The van der Waals surface area contributed by atoms with Crippen molar-refractivity contribution >= 4 is 17.4 Å². The van der Waals surface area contributed by atoms with E-state index in [9.17, 15) is 10.1 Å². The lowest BCUT2D eigenvalue weighted by Crippen LogP contribution is -2.00. The topological polar surface area (TPSA) is 78.8 Å². The van der Waals surface area contributed by atoms with Crippen molar-refractivity contribution in [3.63, 3.8) is 0 Å². The molecule has 106 valence electrons. The van der Waals surface area contributed by atoms with Crippen molar-refractivity contribution in [2.24, 2.45) is 0 Å². The van der Waals surface area contributed by atoms with Crippen LogP contribution in [0.3, 0.4) is 0 Å². The molecule has 3 aromatic rings. The van der Waals surface area contributed by atoms with Crippen LogP contribution in [-0.2, 0) is 6.54 Å². The van der Waals surface area contributed by atoms with Gasteiger partial charge in [-0.1, -0.05) is 11.6 Å². The molecular formula is C13H10ClN5O2. The zero-order chi connectivity index (χ0) is 14.8. The maximum atomic E-state index is 10.6. The van der Waals surface area contributed by atoms with Crippen LogP contribution in [0.15, 0.2) is 49.1 Å². The van der Waals surface area contributed by atoms with Gasteiger partial charge in [0.05, 0.1) is 17.9 Å². The second-order valence-electron chi connectivity index (χ2n) is 4.39. The van der Waals surface area contributed by atoms with Crippen molar-refractivity contribution in [3.05, 3.63) is 69.9 Å². The van der Waals surface area contributed by atoms with Gasteiger partial charge in [0.15, 0.2) is 0 Å². The van der Waals surface area contributed by atoms with Crippen LogP contribution in [-0.4, -0.2) is 24.3 Å². The second kappa shape index (κ2) is 5.37. The molecule has 0 amide bonds. The van der Waals surface area contributed by atoms with E-state index in [1.165, 1.54) is 12.5 Å². The quantitative estimate of drug-likeness (QED) is 0.548. The van der Waals surface area contributed by atoms with Crippen molar-refractivity contribution < 1.29 is 4.92 Å². The predicted octanol–water partition coefficient (Wildman–Crippen LogP) is 2.68. The second-order valence-corrected chi connectivity index (χ2v) is 4.83. The number of imidazole rings is 1. The summed E-state index contributed by atoms with van der Waals surface area (Å²) < 4.78 is 3.34. The number of hydrogen-bond donors (Lipinski definition) is 0. The molecule has 0 spiro atoms. The largest absolute Gasteiger partial charge is 0.381 e. The first-order valence-corrected chi connectivity index (χ1v) is 6.46. The Morgan fingerprint density at radius 1 is 1.24 bits per heavy atom. The molecule has 2 aromatic heterocycles. The molecule has 8 heteroatoms. The third-order valence-corrected chi connectivity index (χ3v) is 3.14. The molecule has 7 nitrogen and oxygen atoms in total. The summed E-state index contributed by atoms with van der Waals surface area (Å²) in [5, 5.41) is 15.7. The summed E-state index contributed by atoms with van der Waals surface area (Å²) in [6.45, 7) is 0.418. The summed E-state index contributed by atoms with van der Waals surface area (Å²) >= 11 is 5.84. The van der Waals surface area contributed by atoms with Crippen LogP contribution >= 0.6 is 11.6 Å². The molecule has 21 heavy (non-hydrogen) atoms. The number of nitrogens with zero attached hydrogens (tertiary/aromatic N) is 5. The van der Waals surface area contributed by atoms with Crippen LogP contribution in [0.25, 0.3) is 5.69 Å². The standard InChI is InChI=1S/C13H10ClN5O2/c14-10-1-3-12(4-2-10)18-6-5-11(16-18)7-17-8-13(15-9-17)19(20)21/h1-6,8-9H,7H2. The molecule has 0 atom stereocenters. The van der Waals surface area contributed by atoms with E-state index in [4.69, 9.17) is 11.6 Å². The fourth-order valence-electron chi connectivity index (χ4n) is 1.90. The highest BCUT2D eigenvalue weighted by molar-refractivity contribution is 6.30.